The predicted octanol–water partition coefficient (Wildman–Crippen LogP) is -0.464. The van der Waals surface area contributed by atoms with Gasteiger partial charge in [-0.2, -0.15) is 0 Å². The summed E-state index contributed by atoms with van der Waals surface area (Å²) in [5.74, 6) is -0.653. The van der Waals surface area contributed by atoms with E-state index in [0.717, 1.165) is 12.6 Å². The monoisotopic (exact) mass is 212 g/mol. The number of esters is 1. The number of ether oxygens (including phenoxy) is 1. The third kappa shape index (κ3) is 3.71. The van der Waals surface area contributed by atoms with E-state index in [-0.39, 0.29) is 5.91 Å². The first-order valence-corrected chi connectivity index (χ1v) is 4.92. The smallest absolute Gasteiger partial charge is 0.330 e. The molecule has 0 radical (unpaired) electrons. The zero-order valence-corrected chi connectivity index (χ0v) is 9.03. The van der Waals surface area contributed by atoms with Crippen LogP contribution >= 0.6 is 0 Å². The Balaban J connectivity index is 2.46. The van der Waals surface area contributed by atoms with Crippen molar-refractivity contribution in [3.63, 3.8) is 0 Å². The van der Waals surface area contributed by atoms with Gasteiger partial charge < -0.3 is 15.0 Å². The fourth-order valence-corrected chi connectivity index (χ4v) is 1.45. The standard InChI is InChI=1S/C10H16N2O3/c1-8-7-12(6-5-11-8)9(13)3-4-10(14)15-2/h3-4,8,11H,5-7H2,1-2H3/b4-3+. The van der Waals surface area contributed by atoms with Gasteiger partial charge in [0.05, 0.1) is 7.11 Å². The third-order valence-electron chi connectivity index (χ3n) is 2.24. The number of carbonyl (C=O) groups excluding carboxylic acids is 2. The summed E-state index contributed by atoms with van der Waals surface area (Å²) in [6, 6.07) is 0.300. The summed E-state index contributed by atoms with van der Waals surface area (Å²) in [6.07, 6.45) is 2.40. The predicted molar refractivity (Wildman–Crippen MR) is 55.2 cm³/mol. The molecule has 1 fully saturated rings. The maximum absolute atomic E-state index is 11.6. The highest BCUT2D eigenvalue weighted by molar-refractivity contribution is 5.94. The van der Waals surface area contributed by atoms with Gasteiger partial charge in [-0.25, -0.2) is 4.79 Å². The summed E-state index contributed by atoms with van der Waals surface area (Å²) < 4.78 is 4.40. The molecule has 1 unspecified atom stereocenters. The molecular weight excluding hydrogens is 196 g/mol. The molecule has 0 spiro atoms. The second-order valence-corrected chi connectivity index (χ2v) is 3.50. The van der Waals surface area contributed by atoms with E-state index in [1.807, 2.05) is 6.92 Å². The molecule has 15 heavy (non-hydrogen) atoms. The maximum atomic E-state index is 11.6. The van der Waals surface area contributed by atoms with Gasteiger partial charge in [-0.1, -0.05) is 0 Å². The van der Waals surface area contributed by atoms with Crippen LogP contribution in [0.5, 0.6) is 0 Å². The maximum Gasteiger partial charge on any atom is 0.330 e. The Labute approximate surface area is 89.1 Å². The largest absolute Gasteiger partial charge is 0.466 e. The van der Waals surface area contributed by atoms with Gasteiger partial charge >= 0.3 is 5.97 Å². The quantitative estimate of drug-likeness (QED) is 0.497. The second kappa shape index (κ2) is 5.50. The van der Waals surface area contributed by atoms with Crippen LogP contribution in [0.3, 0.4) is 0 Å². The van der Waals surface area contributed by atoms with Gasteiger partial charge in [-0.15, -0.1) is 0 Å². The Morgan fingerprint density at radius 1 is 1.47 bits per heavy atom. The van der Waals surface area contributed by atoms with E-state index < -0.39 is 5.97 Å². The highest BCUT2D eigenvalue weighted by Gasteiger charge is 2.18. The fraction of sp³-hybridized carbons (Fsp3) is 0.600. The van der Waals surface area contributed by atoms with Crippen LogP contribution in [0.1, 0.15) is 6.92 Å². The summed E-state index contributed by atoms with van der Waals surface area (Å²) in [5.41, 5.74) is 0. The number of piperazine rings is 1. The lowest BCUT2D eigenvalue weighted by molar-refractivity contribution is -0.135. The first kappa shape index (κ1) is 11.7. The number of hydrogen-bond donors (Lipinski definition) is 1. The lowest BCUT2D eigenvalue weighted by Crippen LogP contribution is -2.50. The van der Waals surface area contributed by atoms with Crippen molar-refractivity contribution >= 4 is 11.9 Å². The van der Waals surface area contributed by atoms with E-state index in [1.165, 1.54) is 13.2 Å². The Hall–Kier alpha value is -1.36. The van der Waals surface area contributed by atoms with Crippen molar-refractivity contribution in [3.05, 3.63) is 12.2 Å². The van der Waals surface area contributed by atoms with Gasteiger partial charge in [-0.3, -0.25) is 4.79 Å². The molecule has 1 atom stereocenters. The first-order chi connectivity index (χ1) is 7.13. The van der Waals surface area contributed by atoms with Gasteiger partial charge in [-0.05, 0) is 6.92 Å². The minimum atomic E-state index is -0.508. The molecule has 0 bridgehead atoms. The van der Waals surface area contributed by atoms with Crippen LogP contribution in [-0.4, -0.2) is 49.6 Å². The van der Waals surface area contributed by atoms with Crippen molar-refractivity contribution in [1.29, 1.82) is 0 Å². The van der Waals surface area contributed by atoms with E-state index in [2.05, 4.69) is 10.1 Å². The molecule has 5 nitrogen and oxygen atoms in total. The number of rotatable bonds is 2. The molecule has 1 aliphatic heterocycles. The van der Waals surface area contributed by atoms with E-state index >= 15 is 0 Å². The van der Waals surface area contributed by atoms with Crippen molar-refractivity contribution in [2.24, 2.45) is 0 Å². The molecule has 1 saturated heterocycles. The minimum Gasteiger partial charge on any atom is -0.466 e. The van der Waals surface area contributed by atoms with Crippen molar-refractivity contribution < 1.29 is 14.3 Å². The van der Waals surface area contributed by atoms with Crippen LogP contribution in [0, 0.1) is 0 Å². The van der Waals surface area contributed by atoms with Crippen molar-refractivity contribution in [3.8, 4) is 0 Å². The van der Waals surface area contributed by atoms with Gasteiger partial charge in [0.15, 0.2) is 0 Å². The molecule has 1 N–H and O–H groups in total. The molecule has 5 heteroatoms. The highest BCUT2D eigenvalue weighted by atomic mass is 16.5. The molecule has 1 rings (SSSR count). The molecule has 0 aromatic heterocycles. The highest BCUT2D eigenvalue weighted by Crippen LogP contribution is 1.99. The van der Waals surface area contributed by atoms with E-state index in [4.69, 9.17) is 0 Å². The Kier molecular flexibility index (Phi) is 4.30. The van der Waals surface area contributed by atoms with Crippen molar-refractivity contribution in [2.45, 2.75) is 13.0 Å². The molecule has 0 aliphatic carbocycles. The van der Waals surface area contributed by atoms with Crippen molar-refractivity contribution in [1.82, 2.24) is 10.2 Å². The summed E-state index contributed by atoms with van der Waals surface area (Å²) in [5, 5.41) is 3.23. The fourth-order valence-electron chi connectivity index (χ4n) is 1.45. The molecule has 0 aromatic carbocycles. The van der Waals surface area contributed by atoms with E-state index in [1.54, 1.807) is 4.90 Å². The summed E-state index contributed by atoms with van der Waals surface area (Å²) in [6.45, 7) is 4.15. The minimum absolute atomic E-state index is 0.145. The topological polar surface area (TPSA) is 58.6 Å². The first-order valence-electron chi connectivity index (χ1n) is 4.92. The van der Waals surface area contributed by atoms with Crippen LogP contribution < -0.4 is 5.32 Å². The second-order valence-electron chi connectivity index (χ2n) is 3.50. The number of nitrogens with one attached hydrogen (secondary N) is 1. The van der Waals surface area contributed by atoms with Crippen molar-refractivity contribution in [2.75, 3.05) is 26.7 Å². The van der Waals surface area contributed by atoms with Gasteiger partial charge in [0.25, 0.3) is 0 Å². The Bertz CT molecular complexity index is 276. The molecular formula is C10H16N2O3. The van der Waals surface area contributed by atoms with Crippen LogP contribution in [0.2, 0.25) is 0 Å². The number of nitrogens with zero attached hydrogens (tertiary/aromatic N) is 1. The molecule has 1 heterocycles. The zero-order valence-electron chi connectivity index (χ0n) is 9.03. The molecule has 0 aromatic rings. The molecule has 84 valence electrons. The third-order valence-corrected chi connectivity index (χ3v) is 2.24. The zero-order chi connectivity index (χ0) is 11.3. The summed E-state index contributed by atoms with van der Waals surface area (Å²) in [4.78, 5) is 24.0. The number of hydrogen-bond acceptors (Lipinski definition) is 4. The number of amides is 1. The number of methoxy groups -OCH3 is 1. The normalized spacial score (nSPS) is 21.7. The van der Waals surface area contributed by atoms with E-state index in [0.29, 0.717) is 19.1 Å². The molecule has 1 amide bonds. The van der Waals surface area contributed by atoms with Crippen LogP contribution in [0.4, 0.5) is 0 Å². The summed E-state index contributed by atoms with van der Waals surface area (Å²) in [7, 11) is 1.28. The summed E-state index contributed by atoms with van der Waals surface area (Å²) >= 11 is 0. The van der Waals surface area contributed by atoms with Crippen LogP contribution in [0.15, 0.2) is 12.2 Å². The number of carbonyl (C=O) groups is 2. The van der Waals surface area contributed by atoms with Gasteiger partial charge in [0.2, 0.25) is 5.91 Å². The SMILES string of the molecule is COC(=O)/C=C/C(=O)N1CCNC(C)C1. The van der Waals surface area contributed by atoms with Gasteiger partial charge in [0.1, 0.15) is 0 Å². The lowest BCUT2D eigenvalue weighted by atomic mass is 10.2. The van der Waals surface area contributed by atoms with E-state index in [9.17, 15) is 9.59 Å². The van der Waals surface area contributed by atoms with Gasteiger partial charge in [0, 0.05) is 37.8 Å². The average Bonchev–Trinajstić information content (AvgIpc) is 2.25. The molecule has 1 aliphatic rings. The molecule has 0 saturated carbocycles. The van der Waals surface area contributed by atoms with Crippen LogP contribution in [-0.2, 0) is 14.3 Å². The Morgan fingerprint density at radius 2 is 2.20 bits per heavy atom. The lowest BCUT2D eigenvalue weighted by Gasteiger charge is -2.31. The Morgan fingerprint density at radius 3 is 2.80 bits per heavy atom. The van der Waals surface area contributed by atoms with Crippen LogP contribution in [0.25, 0.3) is 0 Å². The average molecular weight is 212 g/mol.